The van der Waals surface area contributed by atoms with E-state index in [-0.39, 0.29) is 24.2 Å². The van der Waals surface area contributed by atoms with Gasteiger partial charge in [-0.2, -0.15) is 13.2 Å². The highest BCUT2D eigenvalue weighted by atomic mass is 32.2. The number of piperazine rings is 1. The van der Waals surface area contributed by atoms with Gasteiger partial charge in [0, 0.05) is 43.5 Å². The number of nitrogens with zero attached hydrogens (tertiary/aromatic N) is 5. The number of carbonyl (C=O) groups excluding carboxylic acids is 2. The summed E-state index contributed by atoms with van der Waals surface area (Å²) in [6, 6.07) is 15.9. The normalized spacial score (nSPS) is 22.3. The molecule has 1 spiro atoms. The summed E-state index contributed by atoms with van der Waals surface area (Å²) in [5.41, 5.74) is 2.54. The first-order valence-corrected chi connectivity index (χ1v) is 15.0. The number of thioether (sulfide) groups is 1. The van der Waals surface area contributed by atoms with Gasteiger partial charge in [0.2, 0.25) is 10.8 Å². The number of aryl methyl sites for hydroxylation is 2. The average Bonchev–Trinajstić information content (AvgIpc) is 3.37. The zero-order valence-corrected chi connectivity index (χ0v) is 25.1. The van der Waals surface area contributed by atoms with Gasteiger partial charge in [-0.05, 0) is 62.2 Å². The van der Waals surface area contributed by atoms with Crippen molar-refractivity contribution in [1.82, 2.24) is 4.90 Å². The Morgan fingerprint density at radius 3 is 2.25 bits per heavy atom. The Hall–Kier alpha value is -4.10. The molecule has 0 N–H and O–H groups in total. The van der Waals surface area contributed by atoms with Crippen molar-refractivity contribution in [1.29, 1.82) is 0 Å². The van der Waals surface area contributed by atoms with Crippen molar-refractivity contribution >= 4 is 46.3 Å². The number of benzene rings is 3. The van der Waals surface area contributed by atoms with E-state index in [0.29, 0.717) is 43.6 Å². The minimum Gasteiger partial charge on any atom is -0.363 e. The van der Waals surface area contributed by atoms with E-state index in [1.54, 1.807) is 14.7 Å². The molecule has 6 rings (SSSR count). The number of nitro groups is 1. The van der Waals surface area contributed by atoms with E-state index in [4.69, 9.17) is 0 Å². The van der Waals surface area contributed by atoms with E-state index < -0.39 is 32.5 Å². The van der Waals surface area contributed by atoms with E-state index in [9.17, 15) is 32.9 Å². The van der Waals surface area contributed by atoms with Gasteiger partial charge in [-0.1, -0.05) is 24.3 Å². The molecule has 2 atom stereocenters. The van der Waals surface area contributed by atoms with Crippen molar-refractivity contribution in [3.8, 4) is 0 Å². The molecular weight excluding hydrogens is 595 g/mol. The number of nitro benzene ring substituents is 1. The summed E-state index contributed by atoms with van der Waals surface area (Å²) in [5.74, 6) is -0.363. The molecule has 3 aromatic carbocycles. The first-order chi connectivity index (χ1) is 20.8. The number of para-hydroxylation sites is 1. The third-order valence-electron chi connectivity index (χ3n) is 8.34. The monoisotopic (exact) mass is 625 g/mol. The van der Waals surface area contributed by atoms with Crippen LogP contribution in [0.4, 0.5) is 35.9 Å². The van der Waals surface area contributed by atoms with Crippen molar-refractivity contribution in [2.24, 2.45) is 0 Å². The van der Waals surface area contributed by atoms with Gasteiger partial charge >= 0.3 is 6.18 Å². The maximum absolute atomic E-state index is 14.5. The molecule has 2 amide bonds. The molecule has 0 saturated carbocycles. The first kappa shape index (κ1) is 29.9. The van der Waals surface area contributed by atoms with Crippen molar-refractivity contribution < 1.29 is 27.7 Å². The molecule has 0 aromatic heterocycles. The van der Waals surface area contributed by atoms with Gasteiger partial charge in [-0.25, -0.2) is 0 Å². The third kappa shape index (κ3) is 4.87. The van der Waals surface area contributed by atoms with Crippen LogP contribution in [0.15, 0.2) is 60.7 Å². The second-order valence-corrected chi connectivity index (χ2v) is 12.9. The summed E-state index contributed by atoms with van der Waals surface area (Å²) < 4.78 is 39.6. The minimum atomic E-state index is -4.69. The molecule has 0 unspecified atom stereocenters. The quantitative estimate of drug-likeness (QED) is 0.266. The molecule has 0 bridgehead atoms. The smallest absolute Gasteiger partial charge is 0.363 e. The van der Waals surface area contributed by atoms with Crippen LogP contribution in [-0.4, -0.2) is 59.7 Å². The lowest BCUT2D eigenvalue weighted by atomic mass is 10.0. The van der Waals surface area contributed by atoms with Gasteiger partial charge in [0.05, 0.1) is 28.1 Å². The molecule has 0 radical (unpaired) electrons. The van der Waals surface area contributed by atoms with Crippen LogP contribution in [-0.2, 0) is 20.6 Å². The molecule has 3 aliphatic heterocycles. The Kier molecular flexibility index (Phi) is 7.36. The summed E-state index contributed by atoms with van der Waals surface area (Å²) in [5, 5.41) is 11.2. The van der Waals surface area contributed by atoms with Crippen molar-refractivity contribution in [3.05, 3.63) is 93.0 Å². The number of hydrogen-bond acceptors (Lipinski definition) is 7. The number of anilines is 3. The summed E-state index contributed by atoms with van der Waals surface area (Å²) in [7, 11) is 0. The Morgan fingerprint density at radius 1 is 0.955 bits per heavy atom. The Labute approximate surface area is 256 Å². The van der Waals surface area contributed by atoms with Crippen molar-refractivity contribution in [3.63, 3.8) is 0 Å². The molecule has 3 aromatic rings. The maximum Gasteiger partial charge on any atom is 0.416 e. The number of halogens is 3. The van der Waals surface area contributed by atoms with Gasteiger partial charge in [0.15, 0.2) is 0 Å². The average molecular weight is 626 g/mol. The van der Waals surface area contributed by atoms with E-state index >= 15 is 0 Å². The molecule has 3 heterocycles. The van der Waals surface area contributed by atoms with Crippen LogP contribution in [0.25, 0.3) is 0 Å². The Balaban J connectivity index is 1.27. The van der Waals surface area contributed by atoms with Gasteiger partial charge in [-0.15, -0.1) is 11.8 Å². The topological polar surface area (TPSA) is 90.2 Å². The number of amides is 2. The van der Waals surface area contributed by atoms with Crippen LogP contribution >= 0.6 is 11.8 Å². The number of fused-ring (bicyclic) bond motifs is 2. The minimum absolute atomic E-state index is 0.128. The van der Waals surface area contributed by atoms with Crippen molar-refractivity contribution in [2.75, 3.05) is 47.5 Å². The summed E-state index contributed by atoms with van der Waals surface area (Å²) in [6.07, 6.45) is -4.69. The maximum atomic E-state index is 14.5. The largest absolute Gasteiger partial charge is 0.416 e. The fraction of sp³-hybridized carbons (Fsp3) is 0.355. The van der Waals surface area contributed by atoms with Crippen LogP contribution in [0.3, 0.4) is 0 Å². The second kappa shape index (κ2) is 10.8. The molecule has 9 nitrogen and oxygen atoms in total. The molecule has 230 valence electrons. The fourth-order valence-corrected chi connectivity index (χ4v) is 7.93. The van der Waals surface area contributed by atoms with Gasteiger partial charge in [0.25, 0.3) is 11.6 Å². The highest BCUT2D eigenvalue weighted by Gasteiger charge is 2.63. The molecule has 0 aliphatic carbocycles. The lowest BCUT2D eigenvalue weighted by Gasteiger charge is -2.38. The van der Waals surface area contributed by atoms with E-state index in [1.807, 2.05) is 68.1 Å². The number of carbonyl (C=O) groups is 2. The van der Waals surface area contributed by atoms with Crippen LogP contribution < -0.4 is 14.7 Å². The number of rotatable bonds is 5. The standard InChI is InChI=1S/C31H30F3N5O4S/c1-19-14-20(2)16-23(15-19)38-28(40)21(3)44-30(38)24-6-4-5-7-25(24)37(29(30)41)18-35-10-12-36(13-11-35)26-9-8-22(31(32,33)34)17-27(26)39(42)43/h4-9,14-17,21H,10-13,18H2,1-3H3/t21-,30-/m1/s1. The SMILES string of the molecule is Cc1cc(C)cc(N2C(=O)[C@@H](C)S[C@]23C(=O)N(CN2CCN(c4ccc(C(F)(F)F)cc4[N+](=O)[O-])CC2)c2ccccc23)c1. The molecule has 44 heavy (non-hydrogen) atoms. The van der Waals surface area contributed by atoms with Crippen LogP contribution in [0, 0.1) is 24.0 Å². The Morgan fingerprint density at radius 2 is 1.61 bits per heavy atom. The van der Waals surface area contributed by atoms with E-state index in [0.717, 1.165) is 28.8 Å². The van der Waals surface area contributed by atoms with Gasteiger partial charge in [0.1, 0.15) is 5.69 Å². The summed E-state index contributed by atoms with van der Waals surface area (Å²) in [4.78, 5) is 44.9. The molecule has 3 aliphatic rings. The zero-order chi connectivity index (χ0) is 31.6. The molecule has 2 saturated heterocycles. The fourth-order valence-electron chi connectivity index (χ4n) is 6.40. The predicted octanol–water partition coefficient (Wildman–Crippen LogP) is 5.68. The first-order valence-electron chi connectivity index (χ1n) is 14.2. The van der Waals surface area contributed by atoms with Crippen LogP contribution in [0.5, 0.6) is 0 Å². The molecule has 2 fully saturated rings. The second-order valence-electron chi connectivity index (χ2n) is 11.4. The number of hydrogen-bond donors (Lipinski definition) is 0. The molecular formula is C31H30F3N5O4S. The predicted molar refractivity (Wildman–Crippen MR) is 163 cm³/mol. The summed E-state index contributed by atoms with van der Waals surface area (Å²) in [6.45, 7) is 7.42. The van der Waals surface area contributed by atoms with Gasteiger partial charge in [-0.3, -0.25) is 34.4 Å². The highest BCUT2D eigenvalue weighted by molar-refractivity contribution is 8.03. The summed E-state index contributed by atoms with van der Waals surface area (Å²) >= 11 is 1.33. The van der Waals surface area contributed by atoms with Gasteiger partial charge < -0.3 is 4.90 Å². The van der Waals surface area contributed by atoms with Crippen LogP contribution in [0.2, 0.25) is 0 Å². The van der Waals surface area contributed by atoms with E-state index in [1.165, 1.54) is 11.8 Å². The van der Waals surface area contributed by atoms with Crippen LogP contribution in [0.1, 0.15) is 29.2 Å². The highest BCUT2D eigenvalue weighted by Crippen LogP contribution is 2.58. The number of alkyl halides is 3. The van der Waals surface area contributed by atoms with Crippen molar-refractivity contribution in [2.45, 2.75) is 37.1 Å². The van der Waals surface area contributed by atoms with E-state index in [2.05, 4.69) is 0 Å². The third-order valence-corrected chi connectivity index (χ3v) is 9.82. The lowest BCUT2D eigenvalue weighted by Crippen LogP contribution is -2.54. The Bertz CT molecular complexity index is 1660. The lowest BCUT2D eigenvalue weighted by molar-refractivity contribution is -0.384. The molecule has 13 heteroatoms. The zero-order valence-electron chi connectivity index (χ0n) is 24.3.